The highest BCUT2D eigenvalue weighted by Crippen LogP contribution is 2.34. The van der Waals surface area contributed by atoms with Gasteiger partial charge in [-0.25, -0.2) is 4.39 Å². The molecule has 32 heavy (non-hydrogen) atoms. The third kappa shape index (κ3) is 5.46. The molecule has 2 aliphatic heterocycles. The van der Waals surface area contributed by atoms with Crippen molar-refractivity contribution in [2.45, 2.75) is 43.9 Å². The van der Waals surface area contributed by atoms with Gasteiger partial charge in [0.05, 0.1) is 6.61 Å². The highest BCUT2D eigenvalue weighted by molar-refractivity contribution is 5.94. The van der Waals surface area contributed by atoms with Gasteiger partial charge in [-0.2, -0.15) is 0 Å². The molecule has 6 nitrogen and oxygen atoms in total. The van der Waals surface area contributed by atoms with Crippen LogP contribution in [0, 0.1) is 5.82 Å². The van der Waals surface area contributed by atoms with Gasteiger partial charge >= 0.3 is 0 Å². The molecule has 2 aromatic carbocycles. The van der Waals surface area contributed by atoms with Crippen molar-refractivity contribution in [3.63, 3.8) is 0 Å². The monoisotopic (exact) mass is 440 g/mol. The van der Waals surface area contributed by atoms with Crippen molar-refractivity contribution in [3.8, 4) is 5.75 Å². The predicted molar refractivity (Wildman–Crippen MR) is 119 cm³/mol. The summed E-state index contributed by atoms with van der Waals surface area (Å²) in [6.07, 6.45) is 3.64. The van der Waals surface area contributed by atoms with E-state index in [0.29, 0.717) is 52.0 Å². The maximum absolute atomic E-state index is 13.8. The van der Waals surface area contributed by atoms with E-state index in [1.54, 1.807) is 12.1 Å². The number of carbonyl (C=O) groups excluding carboxylic acids is 2. The minimum absolute atomic E-state index is 0.0379. The maximum Gasteiger partial charge on any atom is 0.224 e. The van der Waals surface area contributed by atoms with Gasteiger partial charge in [-0.1, -0.05) is 12.1 Å². The zero-order chi connectivity index (χ0) is 22.4. The SMILES string of the molecule is O=C(CCCOc1ccc2c(c1)CCC(=O)N2)NCC1(c2cccc(F)c2)CCOCC1. The molecule has 2 aromatic rings. The summed E-state index contributed by atoms with van der Waals surface area (Å²) in [5.74, 6) is 0.482. The zero-order valence-electron chi connectivity index (χ0n) is 18.1. The molecule has 0 bridgehead atoms. The second kappa shape index (κ2) is 10.1. The largest absolute Gasteiger partial charge is 0.494 e. The minimum Gasteiger partial charge on any atom is -0.494 e. The van der Waals surface area contributed by atoms with Crippen LogP contribution in [0.2, 0.25) is 0 Å². The summed E-state index contributed by atoms with van der Waals surface area (Å²) in [4.78, 5) is 23.9. The van der Waals surface area contributed by atoms with Crippen LogP contribution in [0.15, 0.2) is 42.5 Å². The average Bonchev–Trinajstić information content (AvgIpc) is 2.81. The van der Waals surface area contributed by atoms with Gasteiger partial charge in [0.1, 0.15) is 11.6 Å². The number of anilines is 1. The van der Waals surface area contributed by atoms with Gasteiger partial charge in [-0.3, -0.25) is 9.59 Å². The van der Waals surface area contributed by atoms with Crippen molar-refractivity contribution >= 4 is 17.5 Å². The summed E-state index contributed by atoms with van der Waals surface area (Å²) < 4.78 is 25.1. The van der Waals surface area contributed by atoms with Crippen LogP contribution >= 0.6 is 0 Å². The summed E-state index contributed by atoms with van der Waals surface area (Å²) >= 11 is 0. The van der Waals surface area contributed by atoms with Crippen LogP contribution in [-0.4, -0.2) is 38.2 Å². The Morgan fingerprint density at radius 3 is 2.81 bits per heavy atom. The van der Waals surface area contributed by atoms with Gasteiger partial charge in [-0.05, 0) is 67.1 Å². The van der Waals surface area contributed by atoms with Gasteiger partial charge in [0.2, 0.25) is 11.8 Å². The standard InChI is InChI=1S/C25H29FN2O4/c26-20-4-1-3-19(16-20)25(10-13-31-14-11-25)17-27-23(29)5-2-12-32-21-7-8-22-18(15-21)6-9-24(30)28-22/h1,3-4,7-8,15-16H,2,5-6,9-14,17H2,(H,27,29)(H,28,30). The molecule has 0 spiro atoms. The van der Waals surface area contributed by atoms with E-state index >= 15 is 0 Å². The molecule has 0 atom stereocenters. The minimum atomic E-state index is -0.301. The Bertz CT molecular complexity index is 972. The molecule has 0 unspecified atom stereocenters. The zero-order valence-corrected chi connectivity index (χ0v) is 18.1. The van der Waals surface area contributed by atoms with Crippen LogP contribution in [0.25, 0.3) is 0 Å². The topological polar surface area (TPSA) is 76.7 Å². The quantitative estimate of drug-likeness (QED) is 0.614. The number of carbonyl (C=O) groups is 2. The molecule has 2 amide bonds. The van der Waals surface area contributed by atoms with Crippen LogP contribution in [-0.2, 0) is 26.2 Å². The highest BCUT2D eigenvalue weighted by atomic mass is 19.1. The Hall–Kier alpha value is -2.93. The molecule has 2 N–H and O–H groups in total. The fraction of sp³-hybridized carbons (Fsp3) is 0.440. The third-order valence-electron chi connectivity index (χ3n) is 6.30. The lowest BCUT2D eigenvalue weighted by atomic mass is 9.74. The Morgan fingerprint density at radius 2 is 2.00 bits per heavy atom. The number of amides is 2. The number of hydrogen-bond donors (Lipinski definition) is 2. The van der Waals surface area contributed by atoms with E-state index in [0.717, 1.165) is 35.4 Å². The Labute approximate surface area is 187 Å². The van der Waals surface area contributed by atoms with Crippen LogP contribution in [0.4, 0.5) is 10.1 Å². The number of fused-ring (bicyclic) bond motifs is 1. The molecule has 0 aromatic heterocycles. The summed E-state index contributed by atoms with van der Waals surface area (Å²) in [5, 5.41) is 5.89. The number of nitrogens with one attached hydrogen (secondary N) is 2. The fourth-order valence-corrected chi connectivity index (χ4v) is 4.38. The first-order chi connectivity index (χ1) is 15.5. The van der Waals surface area contributed by atoms with Gasteiger partial charge in [0.15, 0.2) is 0 Å². The fourth-order valence-electron chi connectivity index (χ4n) is 4.38. The van der Waals surface area contributed by atoms with Crippen molar-refractivity contribution in [2.24, 2.45) is 0 Å². The van der Waals surface area contributed by atoms with Gasteiger partial charge < -0.3 is 20.1 Å². The molecule has 1 saturated heterocycles. The molecule has 7 heteroatoms. The first kappa shape index (κ1) is 22.3. The molecular weight excluding hydrogens is 411 g/mol. The number of aryl methyl sites for hydroxylation is 1. The smallest absolute Gasteiger partial charge is 0.224 e. The van der Waals surface area contributed by atoms with E-state index in [4.69, 9.17) is 9.47 Å². The molecule has 1 fully saturated rings. The number of hydrogen-bond acceptors (Lipinski definition) is 4. The molecule has 170 valence electrons. The van der Waals surface area contributed by atoms with Gasteiger partial charge in [0.25, 0.3) is 0 Å². The van der Waals surface area contributed by atoms with E-state index in [1.165, 1.54) is 6.07 Å². The van der Waals surface area contributed by atoms with Crippen LogP contribution in [0.5, 0.6) is 5.75 Å². The molecular formula is C25H29FN2O4. The number of ether oxygens (including phenoxy) is 2. The lowest BCUT2D eigenvalue weighted by Gasteiger charge is -2.38. The van der Waals surface area contributed by atoms with Crippen molar-refractivity contribution in [1.82, 2.24) is 5.32 Å². The average molecular weight is 441 g/mol. The van der Waals surface area contributed by atoms with Gasteiger partial charge in [0, 0.05) is 43.7 Å². The summed E-state index contributed by atoms with van der Waals surface area (Å²) in [5.41, 5.74) is 2.52. The second-order valence-corrected chi connectivity index (χ2v) is 8.50. The lowest BCUT2D eigenvalue weighted by molar-refractivity contribution is -0.121. The van der Waals surface area contributed by atoms with Crippen LogP contribution in [0.3, 0.4) is 0 Å². The van der Waals surface area contributed by atoms with E-state index in [-0.39, 0.29) is 23.0 Å². The van der Waals surface area contributed by atoms with E-state index in [2.05, 4.69) is 10.6 Å². The lowest BCUT2D eigenvalue weighted by Crippen LogP contribution is -2.44. The third-order valence-corrected chi connectivity index (χ3v) is 6.30. The normalized spacial score (nSPS) is 17.2. The molecule has 0 saturated carbocycles. The molecule has 0 radical (unpaired) electrons. The maximum atomic E-state index is 13.8. The molecule has 2 aliphatic rings. The number of benzene rings is 2. The van der Waals surface area contributed by atoms with E-state index in [9.17, 15) is 14.0 Å². The van der Waals surface area contributed by atoms with Gasteiger partial charge in [-0.15, -0.1) is 0 Å². The molecule has 2 heterocycles. The number of halogens is 1. The van der Waals surface area contributed by atoms with E-state index < -0.39 is 0 Å². The first-order valence-corrected chi connectivity index (χ1v) is 11.2. The van der Waals surface area contributed by atoms with Crippen LogP contribution in [0.1, 0.15) is 43.2 Å². The predicted octanol–water partition coefficient (Wildman–Crippen LogP) is 3.73. The molecule has 0 aliphatic carbocycles. The van der Waals surface area contributed by atoms with Crippen molar-refractivity contribution < 1.29 is 23.5 Å². The summed E-state index contributed by atoms with van der Waals surface area (Å²) in [7, 11) is 0. The summed E-state index contributed by atoms with van der Waals surface area (Å²) in [6.45, 7) is 2.10. The van der Waals surface area contributed by atoms with Crippen LogP contribution < -0.4 is 15.4 Å². The molecule has 4 rings (SSSR count). The van der Waals surface area contributed by atoms with E-state index in [1.807, 2.05) is 24.3 Å². The Balaban J connectivity index is 1.24. The first-order valence-electron chi connectivity index (χ1n) is 11.2. The Morgan fingerprint density at radius 1 is 1.16 bits per heavy atom. The highest BCUT2D eigenvalue weighted by Gasteiger charge is 2.35. The Kier molecular flexibility index (Phi) is 7.05. The van der Waals surface area contributed by atoms with Crippen molar-refractivity contribution in [3.05, 3.63) is 59.4 Å². The summed E-state index contributed by atoms with van der Waals surface area (Å²) in [6, 6.07) is 12.3. The van der Waals surface area contributed by atoms with Crippen molar-refractivity contribution in [2.75, 3.05) is 31.7 Å². The van der Waals surface area contributed by atoms with Crippen molar-refractivity contribution in [1.29, 1.82) is 0 Å². The second-order valence-electron chi connectivity index (χ2n) is 8.50. The number of rotatable bonds is 8.